The molecular weight excluding hydrogens is 126 g/mol. The van der Waals surface area contributed by atoms with Crippen molar-refractivity contribution < 1.29 is 0 Å². The van der Waals surface area contributed by atoms with Gasteiger partial charge in [0.25, 0.3) is 0 Å². The van der Waals surface area contributed by atoms with E-state index in [0.29, 0.717) is 0 Å². The summed E-state index contributed by atoms with van der Waals surface area (Å²) in [4.78, 5) is 0. The molecule has 0 spiro atoms. The molecule has 0 amide bonds. The summed E-state index contributed by atoms with van der Waals surface area (Å²) in [6.07, 6.45) is 2.97. The van der Waals surface area contributed by atoms with E-state index in [2.05, 4.69) is 17.3 Å². The molecule has 0 saturated heterocycles. The third-order valence-corrected chi connectivity index (χ3v) is 1.51. The van der Waals surface area contributed by atoms with E-state index in [0.717, 1.165) is 17.8 Å². The highest BCUT2D eigenvalue weighted by Gasteiger charge is 2.01. The number of nitrogens with one attached hydrogen (secondary N) is 1. The lowest BCUT2D eigenvalue weighted by Gasteiger charge is -1.94. The lowest BCUT2D eigenvalue weighted by atomic mass is 10.3. The molecule has 0 bridgehead atoms. The molecule has 0 aliphatic carbocycles. The molecule has 1 N–H and O–H groups in total. The number of hydrogen-bond donors (Lipinski definition) is 1. The quantitative estimate of drug-likeness (QED) is 0.663. The molecule has 3 nitrogen and oxygen atoms in total. The van der Waals surface area contributed by atoms with Gasteiger partial charge in [-0.3, -0.25) is 4.68 Å². The summed E-state index contributed by atoms with van der Waals surface area (Å²) in [5.41, 5.74) is 2.26. The van der Waals surface area contributed by atoms with E-state index in [1.165, 1.54) is 0 Å². The zero-order valence-electron chi connectivity index (χ0n) is 6.68. The standard InChI is InChI=1S/C7H13N3/c1-4-6-7(8-2)5-10(3)9-6/h5,8H,4H2,1-3H3. The van der Waals surface area contributed by atoms with Crippen LogP contribution >= 0.6 is 0 Å². The number of hydrogen-bond acceptors (Lipinski definition) is 2. The van der Waals surface area contributed by atoms with Crippen molar-refractivity contribution >= 4 is 5.69 Å². The summed E-state index contributed by atoms with van der Waals surface area (Å²) in [6.45, 7) is 2.10. The van der Waals surface area contributed by atoms with Gasteiger partial charge in [-0.25, -0.2) is 0 Å². The molecule has 10 heavy (non-hydrogen) atoms. The van der Waals surface area contributed by atoms with Crippen LogP contribution in [0.1, 0.15) is 12.6 Å². The van der Waals surface area contributed by atoms with Crippen LogP contribution in [-0.2, 0) is 13.5 Å². The van der Waals surface area contributed by atoms with Crippen molar-refractivity contribution in [1.82, 2.24) is 9.78 Å². The molecule has 0 aliphatic rings. The number of rotatable bonds is 2. The van der Waals surface area contributed by atoms with Gasteiger partial charge in [0, 0.05) is 20.3 Å². The largest absolute Gasteiger partial charge is 0.385 e. The maximum Gasteiger partial charge on any atom is 0.0852 e. The van der Waals surface area contributed by atoms with Crippen molar-refractivity contribution in [3.05, 3.63) is 11.9 Å². The first-order chi connectivity index (χ1) is 4.77. The second-order valence-corrected chi connectivity index (χ2v) is 2.27. The van der Waals surface area contributed by atoms with Crippen LogP contribution < -0.4 is 5.32 Å². The Hall–Kier alpha value is -0.990. The number of anilines is 1. The second kappa shape index (κ2) is 2.73. The van der Waals surface area contributed by atoms with E-state index in [9.17, 15) is 0 Å². The Morgan fingerprint density at radius 1 is 1.70 bits per heavy atom. The van der Waals surface area contributed by atoms with Gasteiger partial charge in [-0.1, -0.05) is 6.92 Å². The van der Waals surface area contributed by atoms with Crippen LogP contribution in [-0.4, -0.2) is 16.8 Å². The van der Waals surface area contributed by atoms with Gasteiger partial charge in [0.05, 0.1) is 11.4 Å². The van der Waals surface area contributed by atoms with E-state index in [-0.39, 0.29) is 0 Å². The van der Waals surface area contributed by atoms with Crippen molar-refractivity contribution in [3.63, 3.8) is 0 Å². The summed E-state index contributed by atoms with van der Waals surface area (Å²) < 4.78 is 1.82. The zero-order valence-corrected chi connectivity index (χ0v) is 6.68. The van der Waals surface area contributed by atoms with E-state index in [1.807, 2.05) is 25.0 Å². The highest BCUT2D eigenvalue weighted by molar-refractivity contribution is 5.45. The summed E-state index contributed by atoms with van der Waals surface area (Å²) in [5.74, 6) is 0. The first-order valence-electron chi connectivity index (χ1n) is 3.48. The molecule has 3 heteroatoms. The van der Waals surface area contributed by atoms with E-state index in [4.69, 9.17) is 0 Å². The summed E-state index contributed by atoms with van der Waals surface area (Å²) in [6, 6.07) is 0. The van der Waals surface area contributed by atoms with Gasteiger partial charge >= 0.3 is 0 Å². The molecule has 0 atom stereocenters. The fourth-order valence-electron chi connectivity index (χ4n) is 1.00. The Morgan fingerprint density at radius 3 is 2.80 bits per heavy atom. The molecule has 0 fully saturated rings. The number of aromatic nitrogens is 2. The van der Waals surface area contributed by atoms with Gasteiger partial charge in [0.2, 0.25) is 0 Å². The van der Waals surface area contributed by atoms with Crippen molar-refractivity contribution in [3.8, 4) is 0 Å². The highest BCUT2D eigenvalue weighted by atomic mass is 15.3. The Labute approximate surface area is 61.0 Å². The molecule has 1 aromatic heterocycles. The number of aryl methyl sites for hydroxylation is 2. The molecule has 0 saturated carbocycles. The molecule has 1 aromatic rings. The lowest BCUT2D eigenvalue weighted by Crippen LogP contribution is -1.91. The summed E-state index contributed by atoms with van der Waals surface area (Å²) >= 11 is 0. The molecule has 0 aliphatic heterocycles. The summed E-state index contributed by atoms with van der Waals surface area (Å²) in [7, 11) is 3.84. The van der Waals surface area contributed by atoms with Gasteiger partial charge in [0.15, 0.2) is 0 Å². The second-order valence-electron chi connectivity index (χ2n) is 2.27. The first-order valence-corrected chi connectivity index (χ1v) is 3.48. The predicted molar refractivity (Wildman–Crippen MR) is 42.1 cm³/mol. The topological polar surface area (TPSA) is 29.9 Å². The lowest BCUT2D eigenvalue weighted by molar-refractivity contribution is 0.746. The van der Waals surface area contributed by atoms with Crippen molar-refractivity contribution in [1.29, 1.82) is 0 Å². The van der Waals surface area contributed by atoms with Gasteiger partial charge in [-0.15, -0.1) is 0 Å². The molecule has 0 radical (unpaired) electrons. The Morgan fingerprint density at radius 2 is 2.40 bits per heavy atom. The fourth-order valence-corrected chi connectivity index (χ4v) is 1.00. The average Bonchev–Trinajstić information content (AvgIpc) is 2.30. The van der Waals surface area contributed by atoms with Crippen LogP contribution in [0.5, 0.6) is 0 Å². The van der Waals surface area contributed by atoms with Crippen LogP contribution in [0.4, 0.5) is 5.69 Å². The predicted octanol–water partition coefficient (Wildman–Crippen LogP) is 1.02. The van der Waals surface area contributed by atoms with Gasteiger partial charge in [-0.2, -0.15) is 5.10 Å². The minimum absolute atomic E-state index is 0.983. The third-order valence-electron chi connectivity index (χ3n) is 1.51. The van der Waals surface area contributed by atoms with Crippen molar-refractivity contribution in [2.45, 2.75) is 13.3 Å². The maximum absolute atomic E-state index is 4.25. The van der Waals surface area contributed by atoms with Crippen molar-refractivity contribution in [2.75, 3.05) is 12.4 Å². The Bertz CT molecular complexity index is 193. The zero-order chi connectivity index (χ0) is 7.56. The van der Waals surface area contributed by atoms with E-state index >= 15 is 0 Å². The number of nitrogens with zero attached hydrogens (tertiary/aromatic N) is 2. The molecule has 0 unspecified atom stereocenters. The van der Waals surface area contributed by atoms with Gasteiger partial charge in [0.1, 0.15) is 0 Å². The SMILES string of the molecule is CCc1nn(C)cc1NC. The molecule has 56 valence electrons. The maximum atomic E-state index is 4.25. The molecular formula is C7H13N3. The van der Waals surface area contributed by atoms with Crippen LogP contribution in [0, 0.1) is 0 Å². The van der Waals surface area contributed by atoms with Crippen LogP contribution in [0.3, 0.4) is 0 Å². The average molecular weight is 139 g/mol. The Kier molecular flexibility index (Phi) is 1.94. The van der Waals surface area contributed by atoms with Gasteiger partial charge in [-0.05, 0) is 6.42 Å². The van der Waals surface area contributed by atoms with Crippen LogP contribution in [0.2, 0.25) is 0 Å². The van der Waals surface area contributed by atoms with E-state index in [1.54, 1.807) is 0 Å². The van der Waals surface area contributed by atoms with Crippen molar-refractivity contribution in [2.24, 2.45) is 7.05 Å². The van der Waals surface area contributed by atoms with Crippen LogP contribution in [0.15, 0.2) is 6.20 Å². The van der Waals surface area contributed by atoms with Crippen LogP contribution in [0.25, 0.3) is 0 Å². The van der Waals surface area contributed by atoms with E-state index < -0.39 is 0 Å². The highest BCUT2D eigenvalue weighted by Crippen LogP contribution is 2.11. The summed E-state index contributed by atoms with van der Waals surface area (Å²) in [5, 5.41) is 7.34. The third kappa shape index (κ3) is 1.12. The smallest absolute Gasteiger partial charge is 0.0852 e. The Balaban J connectivity index is 2.96. The normalized spacial score (nSPS) is 9.90. The molecule has 1 heterocycles. The monoisotopic (exact) mass is 139 g/mol. The molecule has 0 aromatic carbocycles. The fraction of sp³-hybridized carbons (Fsp3) is 0.571. The first kappa shape index (κ1) is 7.12. The minimum atomic E-state index is 0.983. The van der Waals surface area contributed by atoms with Gasteiger partial charge < -0.3 is 5.32 Å². The minimum Gasteiger partial charge on any atom is -0.385 e. The molecule has 1 rings (SSSR count).